The van der Waals surface area contributed by atoms with Gasteiger partial charge < -0.3 is 14.9 Å². The lowest BCUT2D eigenvalue weighted by Crippen LogP contribution is -2.49. The van der Waals surface area contributed by atoms with Gasteiger partial charge in [0.15, 0.2) is 0 Å². The second kappa shape index (κ2) is 8.11. The highest BCUT2D eigenvalue weighted by atomic mass is 32.2. The summed E-state index contributed by atoms with van der Waals surface area (Å²) in [5.41, 5.74) is -1.31. The maximum atomic E-state index is 13.5. The predicted molar refractivity (Wildman–Crippen MR) is 101 cm³/mol. The van der Waals surface area contributed by atoms with E-state index in [9.17, 15) is 26.8 Å². The first-order chi connectivity index (χ1) is 14.0. The highest BCUT2D eigenvalue weighted by molar-refractivity contribution is 7.89. The summed E-state index contributed by atoms with van der Waals surface area (Å²) in [5.74, 6) is -3.06. The first kappa shape index (κ1) is 21.8. The lowest BCUT2D eigenvalue weighted by molar-refractivity contribution is -0.139. The molecule has 30 heavy (non-hydrogen) atoms. The second-order valence-corrected chi connectivity index (χ2v) is 8.77. The van der Waals surface area contributed by atoms with Crippen LogP contribution in [0.5, 0.6) is 0 Å². The minimum Gasteiger partial charge on any atom is -0.374 e. The van der Waals surface area contributed by atoms with E-state index in [1.807, 2.05) is 4.72 Å². The van der Waals surface area contributed by atoms with Gasteiger partial charge in [0, 0.05) is 24.5 Å². The van der Waals surface area contributed by atoms with E-state index >= 15 is 0 Å². The third-order valence-corrected chi connectivity index (χ3v) is 5.14. The van der Waals surface area contributed by atoms with Crippen molar-refractivity contribution in [3.63, 3.8) is 0 Å². The van der Waals surface area contributed by atoms with Crippen LogP contribution < -0.4 is 10.0 Å². The van der Waals surface area contributed by atoms with E-state index in [-0.39, 0.29) is 30.7 Å². The fourth-order valence-corrected chi connectivity index (χ4v) is 3.61. The molecule has 3 rings (SSSR count). The number of hydrogen-bond donors (Lipinski definition) is 2. The van der Waals surface area contributed by atoms with Gasteiger partial charge in [-0.1, -0.05) is 11.7 Å². The highest BCUT2D eigenvalue weighted by Gasteiger charge is 2.46. The Hall–Kier alpha value is -2.86. The molecule has 2 amide bonds. The molecular formula is C18H19F2N3O6S. The highest BCUT2D eigenvalue weighted by Crippen LogP contribution is 2.29. The van der Waals surface area contributed by atoms with Crippen LogP contribution in [0.3, 0.4) is 0 Å². The summed E-state index contributed by atoms with van der Waals surface area (Å²) in [5, 5.41) is 6.42. The molecule has 2 heterocycles. The normalized spacial score (nSPS) is 25.9. The Morgan fingerprint density at radius 1 is 1.30 bits per heavy atom. The Labute approximate surface area is 171 Å². The number of benzene rings is 1. The minimum atomic E-state index is -3.74. The van der Waals surface area contributed by atoms with Crippen molar-refractivity contribution in [3.05, 3.63) is 48.1 Å². The maximum Gasteiger partial charge on any atom is 0.271 e. The van der Waals surface area contributed by atoms with Crippen LogP contribution in [-0.2, 0) is 29.2 Å². The number of amides is 2. The Morgan fingerprint density at radius 2 is 1.97 bits per heavy atom. The summed E-state index contributed by atoms with van der Waals surface area (Å²) in [6.07, 6.45) is 0.945. The largest absolute Gasteiger partial charge is 0.374 e. The van der Waals surface area contributed by atoms with Crippen molar-refractivity contribution in [2.24, 2.45) is 5.16 Å². The van der Waals surface area contributed by atoms with E-state index in [0.29, 0.717) is 6.07 Å². The monoisotopic (exact) mass is 443 g/mol. The molecule has 0 spiro atoms. The summed E-state index contributed by atoms with van der Waals surface area (Å²) in [7, 11) is -3.74. The molecule has 1 fully saturated rings. The van der Waals surface area contributed by atoms with Gasteiger partial charge in [0.2, 0.25) is 15.6 Å². The SMILES string of the molecule is C=C[C@]1(C(=O)NC2COC(C(=O)NS(C)(=O)=O)C2)CC(c2cc(F)cc(F)c2)=NO1. The van der Waals surface area contributed by atoms with Gasteiger partial charge in [0.25, 0.3) is 11.8 Å². The number of ether oxygens (including phenoxy) is 1. The molecule has 0 aliphatic carbocycles. The smallest absolute Gasteiger partial charge is 0.271 e. The number of nitrogens with zero attached hydrogens (tertiary/aromatic N) is 1. The average molecular weight is 443 g/mol. The number of oxime groups is 1. The predicted octanol–water partition coefficient (Wildman–Crippen LogP) is 0.364. The third-order valence-electron chi connectivity index (χ3n) is 4.57. The summed E-state index contributed by atoms with van der Waals surface area (Å²) in [4.78, 5) is 29.9. The number of carbonyl (C=O) groups excluding carboxylic acids is 2. The van der Waals surface area contributed by atoms with Crippen molar-refractivity contribution >= 4 is 27.5 Å². The van der Waals surface area contributed by atoms with Crippen LogP contribution in [0.2, 0.25) is 0 Å². The van der Waals surface area contributed by atoms with Crippen molar-refractivity contribution in [2.75, 3.05) is 12.9 Å². The molecular weight excluding hydrogens is 424 g/mol. The van der Waals surface area contributed by atoms with E-state index in [1.165, 1.54) is 6.08 Å². The van der Waals surface area contributed by atoms with Crippen LogP contribution in [0.15, 0.2) is 36.0 Å². The van der Waals surface area contributed by atoms with Gasteiger partial charge in [-0.25, -0.2) is 17.2 Å². The Kier molecular flexibility index (Phi) is 5.90. The Morgan fingerprint density at radius 3 is 2.57 bits per heavy atom. The Balaban J connectivity index is 1.64. The number of halogens is 2. The molecule has 0 saturated carbocycles. The van der Waals surface area contributed by atoms with Gasteiger partial charge in [-0.2, -0.15) is 0 Å². The van der Waals surface area contributed by atoms with E-state index in [2.05, 4.69) is 17.1 Å². The molecule has 12 heteroatoms. The van der Waals surface area contributed by atoms with Crippen molar-refractivity contribution in [1.82, 2.24) is 10.0 Å². The first-order valence-electron chi connectivity index (χ1n) is 8.80. The summed E-state index contributed by atoms with van der Waals surface area (Å²) in [6, 6.07) is 2.25. The van der Waals surface area contributed by atoms with Gasteiger partial charge in [0.1, 0.15) is 17.7 Å². The van der Waals surface area contributed by atoms with Crippen LogP contribution in [0.4, 0.5) is 8.78 Å². The van der Waals surface area contributed by atoms with E-state index in [1.54, 1.807) is 0 Å². The molecule has 0 bridgehead atoms. The quantitative estimate of drug-likeness (QED) is 0.612. The average Bonchev–Trinajstić information content (AvgIpc) is 3.27. The molecule has 2 unspecified atom stereocenters. The number of hydrogen-bond acceptors (Lipinski definition) is 7. The van der Waals surface area contributed by atoms with Gasteiger partial charge in [-0.15, -0.1) is 0 Å². The number of rotatable bonds is 6. The van der Waals surface area contributed by atoms with Crippen molar-refractivity contribution in [1.29, 1.82) is 0 Å². The van der Waals surface area contributed by atoms with Crippen LogP contribution >= 0.6 is 0 Å². The Bertz CT molecular complexity index is 1010. The minimum absolute atomic E-state index is 0.0242. The molecule has 3 atom stereocenters. The lowest BCUT2D eigenvalue weighted by atomic mass is 9.92. The van der Waals surface area contributed by atoms with Gasteiger partial charge >= 0.3 is 0 Å². The van der Waals surface area contributed by atoms with Crippen LogP contribution in [0.25, 0.3) is 0 Å². The molecule has 2 N–H and O–H groups in total. The van der Waals surface area contributed by atoms with Gasteiger partial charge in [-0.05, 0) is 18.2 Å². The third kappa shape index (κ3) is 4.82. The number of sulfonamides is 1. The molecule has 9 nitrogen and oxygen atoms in total. The van der Waals surface area contributed by atoms with Gasteiger partial charge in [0.05, 0.1) is 24.6 Å². The zero-order chi connectivity index (χ0) is 22.1. The molecule has 0 aromatic heterocycles. The maximum absolute atomic E-state index is 13.5. The lowest BCUT2D eigenvalue weighted by Gasteiger charge is -2.23. The van der Waals surface area contributed by atoms with E-state index in [0.717, 1.165) is 18.4 Å². The molecule has 2 aliphatic heterocycles. The summed E-state index contributed by atoms with van der Waals surface area (Å²) < 4.78 is 56.3. The van der Waals surface area contributed by atoms with Crippen LogP contribution in [0.1, 0.15) is 18.4 Å². The first-order valence-corrected chi connectivity index (χ1v) is 10.7. The van der Waals surface area contributed by atoms with Gasteiger partial charge in [-0.3, -0.25) is 14.3 Å². The molecule has 2 aliphatic rings. The standard InChI is InChI=1S/C18H19F2N3O6S/c1-3-18(8-14(22-29-18)10-4-11(19)6-12(20)5-10)17(25)21-13-7-15(28-9-13)16(24)23-30(2,26)27/h3-6,13,15H,1,7-9H2,2H3,(H,21,25)(H,23,24)/t13?,15?,18-/m1/s1. The van der Waals surface area contributed by atoms with E-state index < -0.39 is 51.2 Å². The van der Waals surface area contributed by atoms with Crippen LogP contribution in [0, 0.1) is 11.6 Å². The second-order valence-electron chi connectivity index (χ2n) is 7.02. The molecule has 1 saturated heterocycles. The topological polar surface area (TPSA) is 123 Å². The molecule has 162 valence electrons. The van der Waals surface area contributed by atoms with Crippen molar-refractivity contribution < 1.29 is 36.4 Å². The number of nitrogens with one attached hydrogen (secondary N) is 2. The summed E-state index contributed by atoms with van der Waals surface area (Å²) >= 11 is 0. The van der Waals surface area contributed by atoms with Crippen molar-refractivity contribution in [3.8, 4) is 0 Å². The molecule has 1 aromatic rings. The fourth-order valence-electron chi connectivity index (χ4n) is 3.12. The summed E-state index contributed by atoms with van der Waals surface area (Å²) in [6.45, 7) is 3.56. The van der Waals surface area contributed by atoms with E-state index in [4.69, 9.17) is 9.57 Å². The van der Waals surface area contributed by atoms with Crippen molar-refractivity contribution in [2.45, 2.75) is 30.6 Å². The molecule has 0 radical (unpaired) electrons. The van der Waals surface area contributed by atoms with Crippen LogP contribution in [-0.4, -0.2) is 56.6 Å². The molecule has 1 aromatic carbocycles. The number of carbonyl (C=O) groups is 2. The fraction of sp³-hybridized carbons (Fsp3) is 0.389. The zero-order valence-electron chi connectivity index (χ0n) is 15.9. The zero-order valence-corrected chi connectivity index (χ0v) is 16.7.